The van der Waals surface area contributed by atoms with Crippen molar-refractivity contribution in [3.8, 4) is 0 Å². The molecule has 1 aliphatic heterocycles. The van der Waals surface area contributed by atoms with E-state index in [0.717, 1.165) is 25.7 Å². The summed E-state index contributed by atoms with van der Waals surface area (Å²) in [6.07, 6.45) is 2.92. The number of hydrogen-bond donors (Lipinski definition) is 3. The van der Waals surface area contributed by atoms with Gasteiger partial charge in [0.15, 0.2) is 5.78 Å². The minimum Gasteiger partial charge on any atom is -0.491 e. The van der Waals surface area contributed by atoms with Crippen LogP contribution >= 0.6 is 0 Å². The van der Waals surface area contributed by atoms with E-state index in [1.165, 1.54) is 0 Å². The van der Waals surface area contributed by atoms with Gasteiger partial charge in [-0.3, -0.25) is 4.79 Å². The zero-order chi connectivity index (χ0) is 15.4. The summed E-state index contributed by atoms with van der Waals surface area (Å²) in [6, 6.07) is 0. The number of aliphatic hydroxyl groups excluding tert-OH is 3. The molecule has 0 unspecified atom stereocenters. The van der Waals surface area contributed by atoms with Crippen LogP contribution in [0.4, 0.5) is 0 Å². The van der Waals surface area contributed by atoms with Crippen LogP contribution < -0.4 is 0 Å². The molecule has 5 nitrogen and oxygen atoms in total. The average molecular weight is 298 g/mol. The van der Waals surface area contributed by atoms with Crippen molar-refractivity contribution in [1.82, 2.24) is 0 Å². The summed E-state index contributed by atoms with van der Waals surface area (Å²) in [5, 5.41) is 29.9. The zero-order valence-electron chi connectivity index (χ0n) is 12.6. The van der Waals surface area contributed by atoms with Crippen molar-refractivity contribution >= 4 is 5.78 Å². The van der Waals surface area contributed by atoms with Gasteiger partial charge in [-0.2, -0.15) is 0 Å². The molecule has 2 rings (SSSR count). The Morgan fingerprint density at radius 1 is 1.24 bits per heavy atom. The number of allylic oxidation sites excluding steroid dienone is 1. The van der Waals surface area contributed by atoms with Gasteiger partial charge in [-0.15, -0.1) is 0 Å². The number of carbonyl (C=O) groups excluding carboxylic acids is 1. The van der Waals surface area contributed by atoms with Crippen LogP contribution in [0.15, 0.2) is 11.3 Å². The third kappa shape index (κ3) is 3.84. The molecule has 1 aliphatic carbocycles. The second-order valence-electron chi connectivity index (χ2n) is 6.08. The highest BCUT2D eigenvalue weighted by atomic mass is 16.5. The van der Waals surface area contributed by atoms with Crippen LogP contribution in [-0.2, 0) is 9.53 Å². The van der Waals surface area contributed by atoms with Gasteiger partial charge in [0.1, 0.15) is 18.0 Å². The molecule has 1 heterocycles. The number of aliphatic hydroxyl groups is 3. The summed E-state index contributed by atoms with van der Waals surface area (Å²) in [5.74, 6) is 0.0290. The Bertz CT molecular complexity index is 403. The molecular formula is C16H26O5. The minimum atomic E-state index is -1.03. The first-order chi connectivity index (χ1) is 10.0. The Kier molecular flexibility index (Phi) is 5.79. The second-order valence-corrected chi connectivity index (χ2v) is 6.08. The number of carbonyl (C=O) groups is 1. The summed E-state index contributed by atoms with van der Waals surface area (Å²) in [5.41, 5.74) is 0.211. The van der Waals surface area contributed by atoms with Gasteiger partial charge in [0.25, 0.3) is 0 Å². The number of unbranched alkanes of at least 4 members (excludes halogenated alkanes) is 3. The van der Waals surface area contributed by atoms with Gasteiger partial charge in [-0.1, -0.05) is 32.6 Å². The van der Waals surface area contributed by atoms with Crippen molar-refractivity contribution in [1.29, 1.82) is 0 Å². The predicted molar refractivity (Wildman–Crippen MR) is 77.5 cm³/mol. The Morgan fingerprint density at radius 2 is 2.00 bits per heavy atom. The first-order valence-electron chi connectivity index (χ1n) is 8.02. The number of rotatable bonds is 6. The molecule has 3 N–H and O–H groups in total. The molecule has 0 aromatic rings. The lowest BCUT2D eigenvalue weighted by molar-refractivity contribution is -0.129. The van der Waals surface area contributed by atoms with Gasteiger partial charge in [0.05, 0.1) is 17.8 Å². The maximum Gasteiger partial charge on any atom is 0.193 e. The predicted octanol–water partition coefficient (Wildman–Crippen LogP) is 1.45. The van der Waals surface area contributed by atoms with E-state index < -0.39 is 30.2 Å². The number of hydrogen-bond acceptors (Lipinski definition) is 5. The van der Waals surface area contributed by atoms with E-state index in [1.54, 1.807) is 0 Å². The van der Waals surface area contributed by atoms with Crippen LogP contribution in [-0.4, -0.2) is 45.5 Å². The smallest absolute Gasteiger partial charge is 0.193 e. The van der Waals surface area contributed by atoms with Gasteiger partial charge in [0, 0.05) is 12.8 Å². The van der Waals surface area contributed by atoms with Crippen molar-refractivity contribution < 1.29 is 24.9 Å². The Hall–Kier alpha value is -0.910. The third-order valence-electron chi connectivity index (χ3n) is 4.38. The highest BCUT2D eigenvalue weighted by Crippen LogP contribution is 2.34. The van der Waals surface area contributed by atoms with E-state index in [2.05, 4.69) is 6.92 Å². The summed E-state index contributed by atoms with van der Waals surface area (Å²) in [6.45, 7) is 2.14. The molecular weight excluding hydrogens is 272 g/mol. The van der Waals surface area contributed by atoms with Gasteiger partial charge in [-0.25, -0.2) is 0 Å². The molecule has 0 fully saturated rings. The van der Waals surface area contributed by atoms with E-state index in [-0.39, 0.29) is 12.0 Å². The molecule has 21 heavy (non-hydrogen) atoms. The SMILES string of the molecule is CCCCCC[C@H](O)[C@@H]1C[C@@H](O)C2=C(CC[C@@H](O)C2=O)O1. The van der Waals surface area contributed by atoms with Gasteiger partial charge >= 0.3 is 0 Å². The molecule has 0 aromatic carbocycles. The quantitative estimate of drug-likeness (QED) is 0.646. The monoisotopic (exact) mass is 298 g/mol. The van der Waals surface area contributed by atoms with Gasteiger partial charge in [-0.05, 0) is 12.8 Å². The van der Waals surface area contributed by atoms with Crippen LogP contribution in [0.2, 0.25) is 0 Å². The van der Waals surface area contributed by atoms with E-state index >= 15 is 0 Å². The zero-order valence-corrected chi connectivity index (χ0v) is 12.6. The number of ether oxygens (including phenoxy) is 1. The first-order valence-corrected chi connectivity index (χ1v) is 8.02. The highest BCUT2D eigenvalue weighted by molar-refractivity contribution is 6.00. The van der Waals surface area contributed by atoms with Crippen molar-refractivity contribution in [3.05, 3.63) is 11.3 Å². The van der Waals surface area contributed by atoms with Crippen molar-refractivity contribution in [2.45, 2.75) is 82.7 Å². The minimum absolute atomic E-state index is 0.211. The van der Waals surface area contributed by atoms with Crippen molar-refractivity contribution in [2.24, 2.45) is 0 Å². The molecule has 120 valence electrons. The lowest BCUT2D eigenvalue weighted by atomic mass is 9.85. The van der Waals surface area contributed by atoms with Crippen LogP contribution in [0.25, 0.3) is 0 Å². The summed E-state index contributed by atoms with van der Waals surface area (Å²) < 4.78 is 5.74. The highest BCUT2D eigenvalue weighted by Gasteiger charge is 2.40. The molecule has 4 atom stereocenters. The van der Waals surface area contributed by atoms with Crippen molar-refractivity contribution in [3.63, 3.8) is 0 Å². The second kappa shape index (κ2) is 7.38. The van der Waals surface area contributed by atoms with Crippen LogP contribution in [0.3, 0.4) is 0 Å². The average Bonchev–Trinajstić information content (AvgIpc) is 2.47. The Labute approximate surface area is 125 Å². The summed E-state index contributed by atoms with van der Waals surface area (Å²) in [4.78, 5) is 11.9. The Balaban J connectivity index is 1.94. The van der Waals surface area contributed by atoms with E-state index in [0.29, 0.717) is 25.0 Å². The number of ketones is 1. The molecule has 0 aromatic heterocycles. The van der Waals surface area contributed by atoms with Gasteiger partial charge < -0.3 is 20.1 Å². The maximum absolute atomic E-state index is 11.9. The van der Waals surface area contributed by atoms with E-state index in [9.17, 15) is 20.1 Å². The molecule has 0 amide bonds. The largest absolute Gasteiger partial charge is 0.491 e. The van der Waals surface area contributed by atoms with Crippen LogP contribution in [0.5, 0.6) is 0 Å². The van der Waals surface area contributed by atoms with E-state index in [1.807, 2.05) is 0 Å². The van der Waals surface area contributed by atoms with Crippen LogP contribution in [0, 0.1) is 0 Å². The summed E-state index contributed by atoms with van der Waals surface area (Å²) >= 11 is 0. The summed E-state index contributed by atoms with van der Waals surface area (Å²) in [7, 11) is 0. The maximum atomic E-state index is 11.9. The molecule has 0 bridgehead atoms. The third-order valence-corrected chi connectivity index (χ3v) is 4.38. The lowest BCUT2D eigenvalue weighted by Gasteiger charge is -2.36. The molecule has 0 radical (unpaired) electrons. The normalized spacial score (nSPS) is 30.9. The fourth-order valence-electron chi connectivity index (χ4n) is 3.09. The van der Waals surface area contributed by atoms with Crippen molar-refractivity contribution in [2.75, 3.05) is 0 Å². The molecule has 0 saturated heterocycles. The fraction of sp³-hybridized carbons (Fsp3) is 0.812. The molecule has 0 saturated carbocycles. The lowest BCUT2D eigenvalue weighted by Crippen LogP contribution is -2.43. The molecule has 0 spiro atoms. The molecule has 5 heteroatoms. The first kappa shape index (κ1) is 16.5. The number of Topliss-reactive ketones (excluding diaryl/α,β-unsaturated/α-hetero) is 1. The molecule has 2 aliphatic rings. The fourth-order valence-corrected chi connectivity index (χ4v) is 3.09. The van der Waals surface area contributed by atoms with Gasteiger partial charge in [0.2, 0.25) is 0 Å². The Morgan fingerprint density at radius 3 is 2.71 bits per heavy atom. The van der Waals surface area contributed by atoms with Crippen LogP contribution in [0.1, 0.15) is 58.3 Å². The topological polar surface area (TPSA) is 87.0 Å². The van der Waals surface area contributed by atoms with E-state index in [4.69, 9.17) is 4.74 Å². The standard InChI is InChI=1S/C16H26O5/c1-2-3-4-5-6-10(17)14-9-12(19)15-13(21-14)8-7-11(18)16(15)20/h10-12,14,17-19H,2-9H2,1H3/t10-,11+,12+,14-/m0/s1.